The average molecular weight is 360 g/mol. The number of rotatable bonds is 8. The van der Waals surface area contributed by atoms with E-state index in [0.29, 0.717) is 5.75 Å². The number of nitrogens with one attached hydrogen (secondary N) is 1. The first-order valence-electron chi connectivity index (χ1n) is 7.94. The molecule has 132 valence electrons. The molecule has 0 aliphatic heterocycles. The number of hydrogen-bond acceptors (Lipinski definition) is 3. The lowest BCUT2D eigenvalue weighted by Crippen LogP contribution is -2.42. The lowest BCUT2D eigenvalue weighted by Gasteiger charge is -2.14. The normalized spacial score (nSPS) is 12.8. The van der Waals surface area contributed by atoms with E-state index in [0.717, 1.165) is 5.56 Å². The lowest BCUT2D eigenvalue weighted by molar-refractivity contribution is -0.139. The highest BCUT2D eigenvalue weighted by molar-refractivity contribution is 7.96. The van der Waals surface area contributed by atoms with Crippen molar-refractivity contribution in [1.82, 2.24) is 5.32 Å². The number of amides is 1. The van der Waals surface area contributed by atoms with Gasteiger partial charge in [0.2, 0.25) is 0 Å². The number of carboxylic acids is 1. The number of carboxylic acid groups (broad SMARTS) is 1. The van der Waals surface area contributed by atoms with Crippen molar-refractivity contribution in [2.45, 2.75) is 17.4 Å². The third kappa shape index (κ3) is 6.51. The molecule has 0 bridgehead atoms. The molecule has 0 heterocycles. The van der Waals surface area contributed by atoms with Crippen molar-refractivity contribution in [1.29, 1.82) is 0 Å². The van der Waals surface area contributed by atoms with Gasteiger partial charge in [0.05, 0.1) is 0 Å². The van der Waals surface area contributed by atoms with Gasteiger partial charge in [-0.15, -0.1) is 0 Å². The molecule has 0 spiro atoms. The van der Waals surface area contributed by atoms with Crippen LogP contribution in [0.4, 0.5) is 4.79 Å². The second kappa shape index (κ2) is 9.74. The summed E-state index contributed by atoms with van der Waals surface area (Å²) in [6, 6.07) is 18.2. The van der Waals surface area contributed by atoms with Crippen LogP contribution in [0, 0.1) is 0 Å². The van der Waals surface area contributed by atoms with Crippen LogP contribution in [-0.2, 0) is 26.8 Å². The van der Waals surface area contributed by atoms with Gasteiger partial charge in [-0.1, -0.05) is 48.5 Å². The Kier molecular flexibility index (Phi) is 7.35. The zero-order chi connectivity index (χ0) is 18.1. The van der Waals surface area contributed by atoms with Crippen LogP contribution in [0.5, 0.6) is 0 Å². The first kappa shape index (κ1) is 18.9. The van der Waals surface area contributed by atoms with Crippen molar-refractivity contribution in [3.05, 3.63) is 66.2 Å². The van der Waals surface area contributed by atoms with E-state index in [2.05, 4.69) is 11.6 Å². The van der Waals surface area contributed by atoms with E-state index in [1.54, 1.807) is 0 Å². The number of aliphatic carboxylic acids is 1. The predicted octanol–water partition coefficient (Wildman–Crippen LogP) is 2.72. The summed E-state index contributed by atoms with van der Waals surface area (Å²) >= 11 is 0. The molecule has 1 amide bonds. The van der Waals surface area contributed by atoms with E-state index in [1.807, 2.05) is 60.7 Å². The Balaban J connectivity index is 1.78. The molecule has 2 aromatic carbocycles. The van der Waals surface area contributed by atoms with Crippen LogP contribution in [0.3, 0.4) is 0 Å². The van der Waals surface area contributed by atoms with Gasteiger partial charge in [-0.2, -0.15) is 0 Å². The standard InChI is InChI=1S/C19H21NO4S/c1-25(16-10-6-3-7-11-16)13-12-24-19(23)20-17(18(21)22)14-15-8-4-2-5-9-15/h2-11,17H,12-14H2,1H3,(H-,20,21,22,23)/p+1/t17-,25?/m0/s1. The van der Waals surface area contributed by atoms with Crippen LogP contribution in [0.25, 0.3) is 0 Å². The van der Waals surface area contributed by atoms with Gasteiger partial charge in [0.1, 0.15) is 24.7 Å². The van der Waals surface area contributed by atoms with Crippen molar-refractivity contribution in [3.63, 3.8) is 0 Å². The van der Waals surface area contributed by atoms with Crippen molar-refractivity contribution in [2.24, 2.45) is 0 Å². The van der Waals surface area contributed by atoms with Gasteiger partial charge in [-0.3, -0.25) is 0 Å². The number of benzene rings is 2. The van der Waals surface area contributed by atoms with Crippen molar-refractivity contribution < 1.29 is 19.4 Å². The van der Waals surface area contributed by atoms with E-state index in [4.69, 9.17) is 4.74 Å². The van der Waals surface area contributed by atoms with E-state index in [-0.39, 0.29) is 23.9 Å². The molecule has 0 aliphatic rings. The molecule has 25 heavy (non-hydrogen) atoms. The predicted molar refractivity (Wildman–Crippen MR) is 98.9 cm³/mol. The van der Waals surface area contributed by atoms with Crippen molar-refractivity contribution in [3.8, 4) is 0 Å². The van der Waals surface area contributed by atoms with E-state index in [1.165, 1.54) is 4.90 Å². The highest BCUT2D eigenvalue weighted by atomic mass is 32.2. The second-order valence-corrected chi connectivity index (χ2v) is 7.67. The zero-order valence-electron chi connectivity index (χ0n) is 14.1. The Morgan fingerprint density at radius 2 is 1.68 bits per heavy atom. The minimum absolute atomic E-state index is 0.0241. The largest absolute Gasteiger partial charge is 0.480 e. The average Bonchev–Trinajstić information content (AvgIpc) is 2.62. The Hall–Kier alpha value is -2.47. The van der Waals surface area contributed by atoms with Crippen LogP contribution < -0.4 is 5.32 Å². The fraction of sp³-hybridized carbons (Fsp3) is 0.263. The molecule has 2 rings (SSSR count). The molecule has 0 radical (unpaired) electrons. The quantitative estimate of drug-likeness (QED) is 0.710. The summed E-state index contributed by atoms with van der Waals surface area (Å²) in [4.78, 5) is 24.4. The monoisotopic (exact) mass is 360 g/mol. The maximum absolute atomic E-state index is 11.9. The van der Waals surface area contributed by atoms with Gasteiger partial charge < -0.3 is 15.2 Å². The van der Waals surface area contributed by atoms with Gasteiger partial charge in [0.25, 0.3) is 0 Å². The topological polar surface area (TPSA) is 75.6 Å². The number of hydrogen-bond donors (Lipinski definition) is 2. The van der Waals surface area contributed by atoms with Gasteiger partial charge in [-0.05, 0) is 17.7 Å². The van der Waals surface area contributed by atoms with Gasteiger partial charge in [0.15, 0.2) is 4.90 Å². The maximum Gasteiger partial charge on any atom is 0.408 e. The third-order valence-corrected chi connectivity index (χ3v) is 5.50. The van der Waals surface area contributed by atoms with E-state index in [9.17, 15) is 14.7 Å². The lowest BCUT2D eigenvalue weighted by atomic mass is 10.1. The molecule has 5 nitrogen and oxygen atoms in total. The summed E-state index contributed by atoms with van der Waals surface area (Å²) in [6.07, 6.45) is 1.60. The first-order valence-corrected chi connectivity index (χ1v) is 9.74. The summed E-state index contributed by atoms with van der Waals surface area (Å²) in [7, 11) is -0.0241. The molecule has 1 unspecified atom stereocenters. The second-order valence-electron chi connectivity index (χ2n) is 5.52. The smallest absolute Gasteiger partial charge is 0.408 e. The van der Waals surface area contributed by atoms with Gasteiger partial charge in [0, 0.05) is 17.3 Å². The molecule has 0 saturated heterocycles. The summed E-state index contributed by atoms with van der Waals surface area (Å²) in [5.74, 6) is -0.381. The van der Waals surface area contributed by atoms with Crippen LogP contribution >= 0.6 is 0 Å². The maximum atomic E-state index is 11.9. The Morgan fingerprint density at radius 3 is 2.28 bits per heavy atom. The van der Waals surface area contributed by atoms with Crippen LogP contribution in [-0.4, -0.2) is 41.8 Å². The summed E-state index contributed by atoms with van der Waals surface area (Å²) in [5, 5.41) is 11.7. The number of carbonyl (C=O) groups excluding carboxylic acids is 1. The summed E-state index contributed by atoms with van der Waals surface area (Å²) < 4.78 is 5.15. The summed E-state index contributed by atoms with van der Waals surface area (Å²) in [5.41, 5.74) is 0.842. The molecule has 0 aromatic heterocycles. The van der Waals surface area contributed by atoms with Gasteiger partial charge >= 0.3 is 12.1 Å². The molecule has 2 N–H and O–H groups in total. The molecule has 0 saturated carbocycles. The Morgan fingerprint density at radius 1 is 1.08 bits per heavy atom. The molecule has 2 aromatic rings. The highest BCUT2D eigenvalue weighted by Gasteiger charge is 2.22. The minimum Gasteiger partial charge on any atom is -0.480 e. The van der Waals surface area contributed by atoms with Crippen molar-refractivity contribution in [2.75, 3.05) is 18.6 Å². The van der Waals surface area contributed by atoms with Crippen molar-refractivity contribution >= 4 is 23.0 Å². The molecule has 0 aliphatic carbocycles. The molecule has 6 heteroatoms. The number of ether oxygens (including phenoxy) is 1. The first-order chi connectivity index (χ1) is 12.1. The van der Waals surface area contributed by atoms with E-state index >= 15 is 0 Å². The van der Waals surface area contributed by atoms with Crippen LogP contribution in [0.2, 0.25) is 0 Å². The third-order valence-electron chi connectivity index (χ3n) is 3.64. The molecular weight excluding hydrogens is 338 g/mol. The number of alkyl carbamates (subject to hydrolysis) is 1. The molecule has 2 atom stereocenters. The molecular formula is C19H22NO4S+. The van der Waals surface area contributed by atoms with Gasteiger partial charge in [-0.25, -0.2) is 9.59 Å². The van der Waals surface area contributed by atoms with Crippen LogP contribution in [0.1, 0.15) is 5.56 Å². The SMILES string of the molecule is C[S+](CCOC(=O)N[C@@H](Cc1ccccc1)C(=O)O)c1ccccc1. The van der Waals surface area contributed by atoms with Crippen LogP contribution in [0.15, 0.2) is 65.6 Å². The fourth-order valence-electron chi connectivity index (χ4n) is 2.26. The Bertz CT molecular complexity index is 678. The van der Waals surface area contributed by atoms with E-state index < -0.39 is 18.1 Å². The zero-order valence-corrected chi connectivity index (χ0v) is 14.9. The minimum atomic E-state index is -1.08. The molecule has 0 fully saturated rings. The fourth-order valence-corrected chi connectivity index (χ4v) is 3.45. The number of carbonyl (C=O) groups is 2. The Labute approximate surface area is 150 Å². The highest BCUT2D eigenvalue weighted by Crippen LogP contribution is 2.10. The summed E-state index contributed by atoms with van der Waals surface area (Å²) in [6.45, 7) is 0.248.